The van der Waals surface area contributed by atoms with Crippen molar-refractivity contribution in [3.63, 3.8) is 0 Å². The van der Waals surface area contributed by atoms with Gasteiger partial charge in [0.05, 0.1) is 10.9 Å². The number of fused-ring (bicyclic) bond motifs is 1. The molecule has 27 heavy (non-hydrogen) atoms. The van der Waals surface area contributed by atoms with E-state index in [0.717, 1.165) is 5.56 Å². The van der Waals surface area contributed by atoms with Crippen LogP contribution in [0.25, 0.3) is 22.2 Å². The van der Waals surface area contributed by atoms with E-state index < -0.39 is 5.97 Å². The number of esters is 1. The van der Waals surface area contributed by atoms with Crippen LogP contribution in [0, 0.1) is 0 Å². The van der Waals surface area contributed by atoms with Gasteiger partial charge in [-0.25, -0.2) is 4.79 Å². The summed E-state index contributed by atoms with van der Waals surface area (Å²) in [5.74, 6) is -0.234. The topological polar surface area (TPSA) is 69.4 Å². The van der Waals surface area contributed by atoms with Gasteiger partial charge in [0.25, 0.3) is 0 Å². The van der Waals surface area contributed by atoms with Gasteiger partial charge in [-0.3, -0.25) is 4.79 Å². The van der Waals surface area contributed by atoms with Crippen LogP contribution in [0.2, 0.25) is 0 Å². The summed E-state index contributed by atoms with van der Waals surface area (Å²) >= 11 is 0. The number of rotatable bonds is 5. The number of hydrogen-bond donors (Lipinski definition) is 0. The second kappa shape index (κ2) is 7.25. The van der Waals surface area contributed by atoms with E-state index >= 15 is 0 Å². The standard InChI is InChI=1S/C22H15NO4/c24-20(15-7-3-1-4-8-15)14-26-22(25)17-11-12-19-18(13-17)21(27-23-19)16-9-5-2-6-10-16/h1-13H,14H2. The van der Waals surface area contributed by atoms with E-state index in [1.165, 1.54) is 0 Å². The summed E-state index contributed by atoms with van der Waals surface area (Å²) in [6.45, 7) is -0.309. The normalized spacial score (nSPS) is 10.7. The number of aromatic nitrogens is 1. The predicted molar refractivity (Wildman–Crippen MR) is 100 cm³/mol. The molecule has 0 aliphatic carbocycles. The van der Waals surface area contributed by atoms with Crippen LogP contribution in [0.1, 0.15) is 20.7 Å². The van der Waals surface area contributed by atoms with Crippen molar-refractivity contribution in [3.8, 4) is 11.3 Å². The van der Waals surface area contributed by atoms with E-state index in [4.69, 9.17) is 9.26 Å². The van der Waals surface area contributed by atoms with Crippen LogP contribution < -0.4 is 0 Å². The highest BCUT2D eigenvalue weighted by atomic mass is 16.5. The van der Waals surface area contributed by atoms with Gasteiger partial charge in [0.15, 0.2) is 18.2 Å². The van der Waals surface area contributed by atoms with E-state index in [9.17, 15) is 9.59 Å². The fourth-order valence-electron chi connectivity index (χ4n) is 2.79. The lowest BCUT2D eigenvalue weighted by molar-refractivity contribution is 0.0475. The second-order valence-corrected chi connectivity index (χ2v) is 5.97. The molecule has 0 N–H and O–H groups in total. The molecule has 0 unspecified atom stereocenters. The van der Waals surface area contributed by atoms with Gasteiger partial charge in [-0.15, -0.1) is 0 Å². The first-order chi connectivity index (χ1) is 13.2. The third-order valence-electron chi connectivity index (χ3n) is 4.18. The smallest absolute Gasteiger partial charge is 0.338 e. The highest BCUT2D eigenvalue weighted by Gasteiger charge is 2.16. The average Bonchev–Trinajstić information content (AvgIpc) is 3.16. The van der Waals surface area contributed by atoms with Crippen LogP contribution in [-0.4, -0.2) is 23.5 Å². The monoisotopic (exact) mass is 357 g/mol. The summed E-state index contributed by atoms with van der Waals surface area (Å²) in [5.41, 5.74) is 2.35. The molecule has 132 valence electrons. The molecule has 4 rings (SSSR count). The molecule has 3 aromatic carbocycles. The zero-order valence-electron chi connectivity index (χ0n) is 14.3. The van der Waals surface area contributed by atoms with Crippen LogP contribution in [0.15, 0.2) is 83.4 Å². The van der Waals surface area contributed by atoms with Crippen molar-refractivity contribution in [3.05, 3.63) is 90.0 Å². The first-order valence-electron chi connectivity index (χ1n) is 8.42. The summed E-state index contributed by atoms with van der Waals surface area (Å²) in [6, 6.07) is 23.2. The van der Waals surface area contributed by atoms with E-state index in [1.807, 2.05) is 36.4 Å². The number of hydrogen-bond acceptors (Lipinski definition) is 5. The number of ketones is 1. The Morgan fingerprint density at radius 3 is 2.30 bits per heavy atom. The lowest BCUT2D eigenvalue weighted by atomic mass is 10.1. The molecule has 0 atom stereocenters. The summed E-state index contributed by atoms with van der Waals surface area (Å²) < 4.78 is 10.6. The molecular formula is C22H15NO4. The van der Waals surface area contributed by atoms with Gasteiger partial charge in [-0.2, -0.15) is 0 Å². The Bertz CT molecular complexity index is 1100. The van der Waals surface area contributed by atoms with Crippen molar-refractivity contribution in [1.82, 2.24) is 5.16 Å². The van der Waals surface area contributed by atoms with Crippen LogP contribution in [0.4, 0.5) is 0 Å². The molecule has 5 nitrogen and oxygen atoms in total. The lowest BCUT2D eigenvalue weighted by Gasteiger charge is -2.05. The first-order valence-corrected chi connectivity index (χ1v) is 8.42. The second-order valence-electron chi connectivity index (χ2n) is 5.97. The van der Waals surface area contributed by atoms with Gasteiger partial charge in [-0.05, 0) is 18.2 Å². The van der Waals surface area contributed by atoms with Crippen molar-refractivity contribution < 1.29 is 18.8 Å². The number of carbonyl (C=O) groups is 2. The quantitative estimate of drug-likeness (QED) is 0.387. The molecule has 0 amide bonds. The number of Topliss-reactive ketones (excluding diaryl/α,β-unsaturated/α-hetero) is 1. The summed E-state index contributed by atoms with van der Waals surface area (Å²) in [4.78, 5) is 24.5. The minimum atomic E-state index is -0.568. The molecule has 1 aromatic heterocycles. The minimum absolute atomic E-state index is 0.250. The van der Waals surface area contributed by atoms with E-state index in [1.54, 1.807) is 42.5 Å². The highest BCUT2D eigenvalue weighted by Crippen LogP contribution is 2.29. The maximum atomic E-state index is 12.4. The number of nitrogens with zero attached hydrogens (tertiary/aromatic N) is 1. The van der Waals surface area contributed by atoms with Crippen molar-refractivity contribution in [2.24, 2.45) is 0 Å². The van der Waals surface area contributed by atoms with E-state index in [-0.39, 0.29) is 12.4 Å². The van der Waals surface area contributed by atoms with E-state index in [2.05, 4.69) is 5.16 Å². The Morgan fingerprint density at radius 1 is 0.852 bits per heavy atom. The Morgan fingerprint density at radius 2 is 1.56 bits per heavy atom. The number of carbonyl (C=O) groups excluding carboxylic acids is 2. The highest BCUT2D eigenvalue weighted by molar-refractivity contribution is 6.01. The van der Waals surface area contributed by atoms with E-state index in [0.29, 0.717) is 27.8 Å². The van der Waals surface area contributed by atoms with Crippen molar-refractivity contribution in [1.29, 1.82) is 0 Å². The maximum absolute atomic E-state index is 12.4. The SMILES string of the molecule is O=C(COC(=O)c1ccc2noc(-c3ccccc3)c2c1)c1ccccc1. The predicted octanol–water partition coefficient (Wildman–Crippen LogP) is 4.53. The zero-order chi connectivity index (χ0) is 18.6. The van der Waals surface area contributed by atoms with Crippen molar-refractivity contribution in [2.75, 3.05) is 6.61 Å². The summed E-state index contributed by atoms with van der Waals surface area (Å²) in [7, 11) is 0. The van der Waals surface area contributed by atoms with Gasteiger partial charge in [0, 0.05) is 11.1 Å². The molecule has 0 radical (unpaired) electrons. The molecule has 4 aromatic rings. The molecule has 0 aliphatic heterocycles. The van der Waals surface area contributed by atoms with Crippen LogP contribution in [0.3, 0.4) is 0 Å². The largest absolute Gasteiger partial charge is 0.454 e. The van der Waals surface area contributed by atoms with Crippen molar-refractivity contribution in [2.45, 2.75) is 0 Å². The van der Waals surface area contributed by atoms with Crippen molar-refractivity contribution >= 4 is 22.7 Å². The Balaban J connectivity index is 1.55. The fourth-order valence-corrected chi connectivity index (χ4v) is 2.79. The minimum Gasteiger partial charge on any atom is -0.454 e. The summed E-state index contributed by atoms with van der Waals surface area (Å²) in [6.07, 6.45) is 0. The van der Waals surface area contributed by atoms with Crippen LogP contribution in [-0.2, 0) is 4.74 Å². The van der Waals surface area contributed by atoms with Gasteiger partial charge in [0.2, 0.25) is 0 Å². The van der Waals surface area contributed by atoms with Crippen LogP contribution in [0.5, 0.6) is 0 Å². The molecular weight excluding hydrogens is 342 g/mol. The van der Waals surface area contributed by atoms with Crippen LogP contribution >= 0.6 is 0 Å². The molecule has 0 aliphatic rings. The average molecular weight is 357 g/mol. The molecule has 0 saturated carbocycles. The maximum Gasteiger partial charge on any atom is 0.338 e. The number of benzene rings is 3. The molecule has 0 spiro atoms. The summed E-state index contributed by atoms with van der Waals surface area (Å²) in [5, 5.41) is 4.74. The molecule has 1 heterocycles. The van der Waals surface area contributed by atoms with Gasteiger partial charge in [0.1, 0.15) is 5.52 Å². The third-order valence-corrected chi connectivity index (χ3v) is 4.18. The molecule has 5 heteroatoms. The fraction of sp³-hybridized carbons (Fsp3) is 0.0455. The van der Waals surface area contributed by atoms with Gasteiger partial charge < -0.3 is 9.26 Å². The molecule has 0 bridgehead atoms. The number of ether oxygens (including phenoxy) is 1. The van der Waals surface area contributed by atoms with Gasteiger partial charge in [-0.1, -0.05) is 65.8 Å². The zero-order valence-corrected chi connectivity index (χ0v) is 14.3. The Hall–Kier alpha value is -3.73. The molecule has 0 saturated heterocycles. The molecule has 0 fully saturated rings. The Labute approximate surface area is 155 Å². The Kier molecular flexibility index (Phi) is 4.49. The lowest BCUT2D eigenvalue weighted by Crippen LogP contribution is -2.14. The van der Waals surface area contributed by atoms with Gasteiger partial charge >= 0.3 is 5.97 Å². The third kappa shape index (κ3) is 3.48. The first kappa shape index (κ1) is 16.7.